The molecule has 0 bridgehead atoms. The van der Waals surface area contributed by atoms with Gasteiger partial charge in [-0.2, -0.15) is 0 Å². The van der Waals surface area contributed by atoms with Crippen molar-refractivity contribution >= 4 is 23.9 Å². The molecule has 35 heavy (non-hydrogen) atoms. The van der Waals surface area contributed by atoms with Crippen LogP contribution in [0, 0.1) is 11.7 Å². The summed E-state index contributed by atoms with van der Waals surface area (Å²) in [7, 11) is 2.97. The van der Waals surface area contributed by atoms with E-state index in [2.05, 4.69) is 0 Å². The average Bonchev–Trinajstić information content (AvgIpc) is 2.84. The number of hydrogen-bond acceptors (Lipinski definition) is 6. The molecule has 3 atom stereocenters. The Morgan fingerprint density at radius 3 is 2.49 bits per heavy atom. The van der Waals surface area contributed by atoms with E-state index in [0.717, 1.165) is 0 Å². The summed E-state index contributed by atoms with van der Waals surface area (Å²) in [5.74, 6) is -1.92. The van der Waals surface area contributed by atoms with Gasteiger partial charge >= 0.3 is 5.97 Å². The van der Waals surface area contributed by atoms with E-state index < -0.39 is 29.7 Å². The Morgan fingerprint density at radius 1 is 1.31 bits per heavy atom. The third-order valence-electron chi connectivity index (χ3n) is 6.84. The van der Waals surface area contributed by atoms with Crippen LogP contribution in [0.2, 0.25) is 5.02 Å². The van der Waals surface area contributed by atoms with Gasteiger partial charge < -0.3 is 19.7 Å². The molecule has 1 aliphatic rings. The fourth-order valence-electron chi connectivity index (χ4n) is 4.78. The quantitative estimate of drug-likeness (QED) is 0.355. The van der Waals surface area contributed by atoms with E-state index in [4.69, 9.17) is 21.1 Å². The van der Waals surface area contributed by atoms with Crippen LogP contribution in [0.15, 0.2) is 36.4 Å². The minimum atomic E-state index is -1.36. The van der Waals surface area contributed by atoms with Crippen molar-refractivity contribution in [2.75, 3.05) is 27.4 Å². The molecule has 1 saturated heterocycles. The smallest absolute Gasteiger partial charge is 0.305 e. The second kappa shape index (κ2) is 11.6. The Balaban J connectivity index is 2.02. The zero-order valence-electron chi connectivity index (χ0n) is 20.0. The van der Waals surface area contributed by atoms with Crippen LogP contribution in [0.4, 0.5) is 4.39 Å². The van der Waals surface area contributed by atoms with Gasteiger partial charge in [0.15, 0.2) is 6.29 Å². The molecule has 190 valence electrons. The maximum atomic E-state index is 15.6. The molecule has 7 nitrogen and oxygen atoms in total. The van der Waals surface area contributed by atoms with Gasteiger partial charge in [0.25, 0.3) is 0 Å². The first kappa shape index (κ1) is 27.2. The largest absolute Gasteiger partial charge is 0.481 e. The highest BCUT2D eigenvalue weighted by Gasteiger charge is 2.37. The highest BCUT2D eigenvalue weighted by Crippen LogP contribution is 2.40. The van der Waals surface area contributed by atoms with Crippen molar-refractivity contribution in [3.8, 4) is 0 Å². The molecule has 0 spiro atoms. The first-order chi connectivity index (χ1) is 16.6. The maximum Gasteiger partial charge on any atom is 0.305 e. The van der Waals surface area contributed by atoms with Crippen LogP contribution in [0.1, 0.15) is 65.5 Å². The predicted octanol–water partition coefficient (Wildman–Crippen LogP) is 4.72. The van der Waals surface area contributed by atoms with Crippen molar-refractivity contribution in [1.29, 1.82) is 0 Å². The van der Waals surface area contributed by atoms with E-state index in [-0.39, 0.29) is 23.5 Å². The summed E-state index contributed by atoms with van der Waals surface area (Å²) in [6.45, 7) is 2.64. The number of halogens is 2. The number of aliphatic hydroxyl groups is 1. The number of carbonyl (C=O) groups is 2. The molecule has 9 heteroatoms. The minimum Gasteiger partial charge on any atom is -0.481 e. The van der Waals surface area contributed by atoms with E-state index in [0.29, 0.717) is 48.5 Å². The van der Waals surface area contributed by atoms with Crippen LogP contribution in [-0.4, -0.2) is 54.7 Å². The van der Waals surface area contributed by atoms with Crippen LogP contribution in [0.25, 0.3) is 0 Å². The number of carboxylic acid groups (broad SMARTS) is 1. The second-order valence-corrected chi connectivity index (χ2v) is 9.47. The van der Waals surface area contributed by atoms with Gasteiger partial charge in [-0.25, -0.2) is 4.39 Å². The normalized spacial score (nSPS) is 18.1. The van der Waals surface area contributed by atoms with Crippen LogP contribution in [-0.2, 0) is 19.9 Å². The molecule has 2 aromatic carbocycles. The predicted molar refractivity (Wildman–Crippen MR) is 129 cm³/mol. The molecule has 1 heterocycles. The number of methoxy groups -OCH3 is 1. The Bertz CT molecular complexity index is 1040. The summed E-state index contributed by atoms with van der Waals surface area (Å²) in [5, 5.41) is 21.3. The van der Waals surface area contributed by atoms with Crippen molar-refractivity contribution in [2.24, 2.45) is 5.92 Å². The fourth-order valence-corrected chi connectivity index (χ4v) is 4.91. The molecule has 1 fully saturated rings. The van der Waals surface area contributed by atoms with E-state index in [1.807, 2.05) is 0 Å². The molecule has 2 N–H and O–H groups in total. The molecule has 0 aliphatic carbocycles. The lowest BCUT2D eigenvalue weighted by atomic mass is 9.77. The third kappa shape index (κ3) is 6.08. The summed E-state index contributed by atoms with van der Waals surface area (Å²) in [6, 6.07) is 8.70. The fraction of sp³-hybridized carbons (Fsp3) is 0.462. The number of benzene rings is 2. The Labute approximate surface area is 209 Å². The topological polar surface area (TPSA) is 96.3 Å². The number of nitrogens with zero attached hydrogens (tertiary/aromatic N) is 1. The first-order valence-corrected chi connectivity index (χ1v) is 11.8. The van der Waals surface area contributed by atoms with Gasteiger partial charge in [0.1, 0.15) is 12.0 Å². The Hall–Kier alpha value is -2.36. The number of aliphatic carboxylic acids is 1. The average molecular weight is 508 g/mol. The highest BCUT2D eigenvalue weighted by molar-refractivity contribution is 6.30. The summed E-state index contributed by atoms with van der Waals surface area (Å²) in [4.78, 5) is 25.3. The molecule has 0 amide bonds. The second-order valence-electron chi connectivity index (χ2n) is 9.03. The first-order valence-electron chi connectivity index (χ1n) is 11.4. The molecular weight excluding hydrogens is 477 g/mol. The van der Waals surface area contributed by atoms with Gasteiger partial charge in [-0.15, -0.1) is 0 Å². The standard InChI is InChI=1S/C26H31ClFNO6/c1-26(33,18-8-10-35-11-9-18)19-12-17(15-30)24(21(28)13-19)25(34-3)29(2)22(14-23(31)32)16-4-6-20(27)7-5-16/h4-7,12-13,15,18,22,25,33H,8-11,14H2,1-3H3,(H,31,32). The lowest BCUT2D eigenvalue weighted by molar-refractivity contribution is -0.140. The van der Waals surface area contributed by atoms with Gasteiger partial charge in [0.2, 0.25) is 0 Å². The van der Waals surface area contributed by atoms with Crippen LogP contribution < -0.4 is 0 Å². The van der Waals surface area contributed by atoms with Crippen molar-refractivity contribution < 1.29 is 33.7 Å². The number of aldehydes is 1. The number of hydrogen-bond donors (Lipinski definition) is 2. The molecule has 0 aromatic heterocycles. The minimum absolute atomic E-state index is 0.0243. The number of carboxylic acids is 1. The van der Waals surface area contributed by atoms with Crippen LogP contribution >= 0.6 is 11.6 Å². The van der Waals surface area contributed by atoms with Crippen molar-refractivity contribution in [1.82, 2.24) is 4.90 Å². The summed E-state index contributed by atoms with van der Waals surface area (Å²) in [6.07, 6.45) is 0.406. The zero-order chi connectivity index (χ0) is 25.8. The van der Waals surface area contributed by atoms with Crippen molar-refractivity contribution in [3.05, 3.63) is 69.5 Å². The summed E-state index contributed by atoms with van der Waals surface area (Å²) in [5.41, 5.74) is -0.416. The maximum absolute atomic E-state index is 15.6. The van der Waals surface area contributed by atoms with E-state index >= 15 is 4.39 Å². The number of carbonyl (C=O) groups excluding carboxylic acids is 1. The lowest BCUT2D eigenvalue weighted by Gasteiger charge is -2.37. The van der Waals surface area contributed by atoms with E-state index in [1.54, 1.807) is 43.1 Å². The van der Waals surface area contributed by atoms with Gasteiger partial charge in [-0.05, 0) is 68.1 Å². The van der Waals surface area contributed by atoms with Crippen LogP contribution in [0.5, 0.6) is 0 Å². The molecule has 3 unspecified atom stereocenters. The van der Waals surface area contributed by atoms with Gasteiger partial charge in [-0.1, -0.05) is 23.7 Å². The Morgan fingerprint density at radius 2 is 1.94 bits per heavy atom. The van der Waals surface area contributed by atoms with Gasteiger partial charge in [-0.3, -0.25) is 14.5 Å². The van der Waals surface area contributed by atoms with E-state index in [9.17, 15) is 19.8 Å². The molecule has 0 saturated carbocycles. The molecular formula is C26H31ClFNO6. The summed E-state index contributed by atoms with van der Waals surface area (Å²) < 4.78 is 26.6. The molecule has 3 rings (SSSR count). The number of ether oxygens (including phenoxy) is 2. The number of rotatable bonds is 10. The van der Waals surface area contributed by atoms with Crippen molar-refractivity contribution in [3.63, 3.8) is 0 Å². The third-order valence-corrected chi connectivity index (χ3v) is 7.10. The van der Waals surface area contributed by atoms with Gasteiger partial charge in [0.05, 0.1) is 12.0 Å². The molecule has 0 radical (unpaired) electrons. The summed E-state index contributed by atoms with van der Waals surface area (Å²) >= 11 is 5.98. The Kier molecular flexibility index (Phi) is 9.01. The SMILES string of the molecule is COC(c1c(F)cc(C(C)(O)C2CCOCC2)cc1C=O)N(C)C(CC(=O)O)c1ccc(Cl)cc1. The lowest BCUT2D eigenvalue weighted by Crippen LogP contribution is -2.37. The van der Waals surface area contributed by atoms with Crippen molar-refractivity contribution in [2.45, 2.75) is 44.1 Å². The van der Waals surface area contributed by atoms with Gasteiger partial charge in [0, 0.05) is 42.5 Å². The zero-order valence-corrected chi connectivity index (χ0v) is 20.8. The van der Waals surface area contributed by atoms with E-state index in [1.165, 1.54) is 19.2 Å². The molecule has 2 aromatic rings. The highest BCUT2D eigenvalue weighted by atomic mass is 35.5. The monoisotopic (exact) mass is 507 g/mol. The molecule has 1 aliphatic heterocycles. The van der Waals surface area contributed by atoms with Crippen LogP contribution in [0.3, 0.4) is 0 Å².